The number of nitrogens with one attached hydrogen (secondary N) is 1. The molecule has 3 aromatic rings. The summed E-state index contributed by atoms with van der Waals surface area (Å²) >= 11 is 1.61. The fraction of sp³-hybridized carbons (Fsp3) is 0.222. The minimum Gasteiger partial charge on any atom is -0.494 e. The van der Waals surface area contributed by atoms with Crippen molar-refractivity contribution >= 4 is 29.8 Å². The molecule has 1 N–H and O–H groups in total. The van der Waals surface area contributed by atoms with E-state index in [2.05, 4.69) is 17.5 Å². The van der Waals surface area contributed by atoms with Gasteiger partial charge in [0.1, 0.15) is 11.1 Å². The molecular weight excluding hydrogens is 446 g/mol. The molecule has 4 rings (SSSR count). The third-order valence-electron chi connectivity index (χ3n) is 5.35. The second-order valence-electron chi connectivity index (χ2n) is 7.91. The maximum Gasteiger partial charge on any atom is 0.271 e. The van der Waals surface area contributed by atoms with Crippen LogP contribution in [0.4, 0.5) is 0 Å². The summed E-state index contributed by atoms with van der Waals surface area (Å²) in [4.78, 5) is 26.8. The molecule has 34 heavy (non-hydrogen) atoms. The third-order valence-corrected chi connectivity index (χ3v) is 6.61. The van der Waals surface area contributed by atoms with Gasteiger partial charge in [-0.15, -0.1) is 11.8 Å². The summed E-state index contributed by atoms with van der Waals surface area (Å²) < 4.78 is 5.56. The first-order chi connectivity index (χ1) is 16.6. The van der Waals surface area contributed by atoms with Crippen LogP contribution in [-0.2, 0) is 11.3 Å². The van der Waals surface area contributed by atoms with Crippen LogP contribution in [0.15, 0.2) is 84.0 Å². The molecule has 0 saturated carbocycles. The van der Waals surface area contributed by atoms with E-state index in [0.717, 1.165) is 28.9 Å². The Bertz CT molecular complexity index is 1130. The summed E-state index contributed by atoms with van der Waals surface area (Å²) in [6.45, 7) is 3.32. The molecular formula is C27H27N3O3S. The zero-order valence-electron chi connectivity index (χ0n) is 19.0. The molecule has 7 heteroatoms. The molecule has 1 fully saturated rings. The first kappa shape index (κ1) is 23.6. The van der Waals surface area contributed by atoms with Crippen LogP contribution < -0.4 is 10.2 Å². The summed E-state index contributed by atoms with van der Waals surface area (Å²) in [7, 11) is 0. The molecule has 1 heterocycles. The van der Waals surface area contributed by atoms with Crippen molar-refractivity contribution in [2.75, 3.05) is 12.4 Å². The molecule has 1 atom stereocenters. The van der Waals surface area contributed by atoms with Crippen LogP contribution in [0.25, 0.3) is 0 Å². The number of ether oxygens (including phenoxy) is 1. The Kier molecular flexibility index (Phi) is 7.99. The Morgan fingerprint density at radius 2 is 1.82 bits per heavy atom. The summed E-state index contributed by atoms with van der Waals surface area (Å²) in [5, 5.41) is 3.99. The monoisotopic (exact) mass is 473 g/mol. The van der Waals surface area contributed by atoms with Crippen molar-refractivity contribution in [3.8, 4) is 5.75 Å². The molecule has 0 aromatic heterocycles. The number of carbonyl (C=O) groups excluding carboxylic acids is 2. The number of carbonyl (C=O) groups is 2. The first-order valence-corrected chi connectivity index (χ1v) is 12.3. The van der Waals surface area contributed by atoms with E-state index in [4.69, 9.17) is 4.74 Å². The van der Waals surface area contributed by atoms with E-state index in [-0.39, 0.29) is 17.2 Å². The Hall–Kier alpha value is -3.58. The van der Waals surface area contributed by atoms with Crippen LogP contribution in [0.2, 0.25) is 0 Å². The predicted octanol–water partition coefficient (Wildman–Crippen LogP) is 5.01. The van der Waals surface area contributed by atoms with Crippen molar-refractivity contribution < 1.29 is 14.3 Å². The number of hydrogen-bond donors (Lipinski definition) is 1. The molecule has 1 unspecified atom stereocenters. The predicted molar refractivity (Wildman–Crippen MR) is 136 cm³/mol. The standard InChI is InChI=1S/C27H27N3O3S/c1-2-16-33-24-14-8-20(9-15-24)17-28-29-26(32)22-10-12-23(13-11-22)27-30(25(31)19-34-27)18-21-6-4-3-5-7-21/h3-15,17,27H,2,16,18-19H2,1H3,(H,29,32). The third kappa shape index (κ3) is 6.05. The summed E-state index contributed by atoms with van der Waals surface area (Å²) in [6.07, 6.45) is 2.55. The number of hydrazone groups is 1. The van der Waals surface area contributed by atoms with E-state index < -0.39 is 0 Å². The van der Waals surface area contributed by atoms with E-state index in [0.29, 0.717) is 24.5 Å². The Morgan fingerprint density at radius 3 is 2.53 bits per heavy atom. The van der Waals surface area contributed by atoms with Gasteiger partial charge in [0.2, 0.25) is 5.91 Å². The number of thioether (sulfide) groups is 1. The second kappa shape index (κ2) is 11.5. The molecule has 1 aliphatic heterocycles. The normalized spacial score (nSPS) is 15.6. The molecule has 0 bridgehead atoms. The van der Waals surface area contributed by atoms with Crippen molar-refractivity contribution in [1.82, 2.24) is 10.3 Å². The van der Waals surface area contributed by atoms with Gasteiger partial charge in [-0.05, 0) is 59.5 Å². The van der Waals surface area contributed by atoms with Gasteiger partial charge >= 0.3 is 0 Å². The number of benzene rings is 3. The minimum absolute atomic E-state index is 0.0629. The van der Waals surface area contributed by atoms with Gasteiger partial charge in [0.25, 0.3) is 5.91 Å². The summed E-state index contributed by atoms with van der Waals surface area (Å²) in [6, 6.07) is 24.8. The van der Waals surface area contributed by atoms with Crippen molar-refractivity contribution in [1.29, 1.82) is 0 Å². The molecule has 0 aliphatic carbocycles. The van der Waals surface area contributed by atoms with Crippen LogP contribution in [0.1, 0.15) is 45.8 Å². The molecule has 174 valence electrons. The Morgan fingerprint density at radius 1 is 1.09 bits per heavy atom. The molecule has 1 saturated heterocycles. The summed E-state index contributed by atoms with van der Waals surface area (Å²) in [5.74, 6) is 1.11. The van der Waals surface area contributed by atoms with Gasteiger partial charge in [0.05, 0.1) is 18.6 Å². The maximum atomic E-state index is 12.5. The minimum atomic E-state index is -0.290. The summed E-state index contributed by atoms with van der Waals surface area (Å²) in [5.41, 5.74) is 6.03. The highest BCUT2D eigenvalue weighted by molar-refractivity contribution is 8.00. The van der Waals surface area contributed by atoms with Crippen LogP contribution in [0.5, 0.6) is 5.75 Å². The lowest BCUT2D eigenvalue weighted by molar-refractivity contribution is -0.128. The van der Waals surface area contributed by atoms with Crippen LogP contribution in [0.3, 0.4) is 0 Å². The largest absolute Gasteiger partial charge is 0.494 e. The van der Waals surface area contributed by atoms with Gasteiger partial charge < -0.3 is 9.64 Å². The molecule has 3 aromatic carbocycles. The van der Waals surface area contributed by atoms with Gasteiger partial charge in [-0.25, -0.2) is 5.43 Å². The van der Waals surface area contributed by atoms with Gasteiger partial charge in [-0.1, -0.05) is 49.4 Å². The zero-order chi connectivity index (χ0) is 23.8. The van der Waals surface area contributed by atoms with E-state index in [9.17, 15) is 9.59 Å². The fourth-order valence-electron chi connectivity index (χ4n) is 3.58. The van der Waals surface area contributed by atoms with Gasteiger partial charge in [-0.2, -0.15) is 5.10 Å². The highest BCUT2D eigenvalue weighted by Gasteiger charge is 2.32. The average molecular weight is 474 g/mol. The van der Waals surface area contributed by atoms with Gasteiger partial charge in [-0.3, -0.25) is 9.59 Å². The molecule has 0 spiro atoms. The van der Waals surface area contributed by atoms with E-state index in [1.165, 1.54) is 0 Å². The second-order valence-corrected chi connectivity index (χ2v) is 8.98. The Balaban J connectivity index is 1.34. The van der Waals surface area contributed by atoms with Crippen molar-refractivity contribution in [3.63, 3.8) is 0 Å². The van der Waals surface area contributed by atoms with E-state index in [1.54, 1.807) is 30.1 Å². The van der Waals surface area contributed by atoms with Crippen molar-refractivity contribution in [3.05, 3.63) is 101 Å². The first-order valence-electron chi connectivity index (χ1n) is 11.3. The lowest BCUT2D eigenvalue weighted by atomic mass is 10.1. The fourth-order valence-corrected chi connectivity index (χ4v) is 4.77. The number of rotatable bonds is 9. The van der Waals surface area contributed by atoms with E-state index in [1.807, 2.05) is 71.6 Å². The lowest BCUT2D eigenvalue weighted by Gasteiger charge is -2.24. The molecule has 2 amide bonds. The molecule has 0 radical (unpaired) electrons. The number of amides is 2. The van der Waals surface area contributed by atoms with Crippen LogP contribution >= 0.6 is 11.8 Å². The number of nitrogens with zero attached hydrogens (tertiary/aromatic N) is 2. The maximum absolute atomic E-state index is 12.5. The molecule has 6 nitrogen and oxygen atoms in total. The smallest absolute Gasteiger partial charge is 0.271 e. The SMILES string of the molecule is CCCOc1ccc(C=NNC(=O)c2ccc(C3SCC(=O)N3Cc3ccccc3)cc2)cc1. The highest BCUT2D eigenvalue weighted by atomic mass is 32.2. The Labute approximate surface area is 204 Å². The van der Waals surface area contributed by atoms with Crippen LogP contribution in [0, 0.1) is 0 Å². The topological polar surface area (TPSA) is 71.0 Å². The van der Waals surface area contributed by atoms with Gasteiger partial charge in [0.15, 0.2) is 0 Å². The lowest BCUT2D eigenvalue weighted by Crippen LogP contribution is -2.27. The number of hydrogen-bond acceptors (Lipinski definition) is 5. The average Bonchev–Trinajstić information content (AvgIpc) is 3.24. The van der Waals surface area contributed by atoms with E-state index >= 15 is 0 Å². The zero-order valence-corrected chi connectivity index (χ0v) is 19.8. The van der Waals surface area contributed by atoms with Crippen molar-refractivity contribution in [2.45, 2.75) is 25.3 Å². The van der Waals surface area contributed by atoms with Crippen molar-refractivity contribution in [2.24, 2.45) is 5.10 Å². The van der Waals surface area contributed by atoms with Gasteiger partial charge in [0, 0.05) is 12.1 Å². The van der Waals surface area contributed by atoms with Crippen LogP contribution in [-0.4, -0.2) is 35.3 Å². The highest BCUT2D eigenvalue weighted by Crippen LogP contribution is 2.39. The quantitative estimate of drug-likeness (QED) is 0.350. The molecule has 1 aliphatic rings.